The normalized spacial score (nSPS) is 16.0. The fraction of sp³-hybridized carbons (Fsp3) is 0.538. The molecular weight excluding hydrogens is 292 g/mol. The molecule has 8 heteroatoms. The third-order valence-corrected chi connectivity index (χ3v) is 4.70. The van der Waals surface area contributed by atoms with Crippen LogP contribution in [-0.4, -0.2) is 56.6 Å². The average molecular weight is 312 g/mol. The second kappa shape index (κ2) is 6.31. The van der Waals surface area contributed by atoms with Crippen molar-refractivity contribution in [1.29, 1.82) is 0 Å². The fourth-order valence-electron chi connectivity index (χ4n) is 2.25. The van der Waals surface area contributed by atoms with Crippen molar-refractivity contribution in [3.63, 3.8) is 0 Å². The summed E-state index contributed by atoms with van der Waals surface area (Å²) in [5, 5.41) is 0.674. The second-order valence-electron chi connectivity index (χ2n) is 4.90. The number of primary amides is 1. The molecule has 116 valence electrons. The summed E-state index contributed by atoms with van der Waals surface area (Å²) in [5.74, 6) is -1.13. The molecule has 7 nitrogen and oxygen atoms in total. The number of rotatable bonds is 4. The van der Waals surface area contributed by atoms with Crippen LogP contribution in [0.2, 0.25) is 0 Å². The van der Waals surface area contributed by atoms with E-state index < -0.39 is 11.9 Å². The van der Waals surface area contributed by atoms with Gasteiger partial charge in [-0.05, 0) is 14.0 Å². The van der Waals surface area contributed by atoms with Crippen LogP contribution in [0.5, 0.6) is 0 Å². The first-order valence-corrected chi connectivity index (χ1v) is 7.60. The molecule has 1 saturated heterocycles. The highest BCUT2D eigenvalue weighted by Crippen LogP contribution is 2.39. The number of nitrogens with zero attached hydrogens (tertiary/aromatic N) is 2. The maximum Gasteiger partial charge on any atom is 0.343 e. The van der Waals surface area contributed by atoms with Gasteiger partial charge in [-0.25, -0.2) is 4.79 Å². The summed E-state index contributed by atoms with van der Waals surface area (Å²) in [6, 6.07) is 0. The molecule has 1 amide bonds. The number of likely N-dealkylation sites (N-methyl/N-ethyl adjacent to an activating group) is 1. The number of ether oxygens (including phenoxy) is 1. The summed E-state index contributed by atoms with van der Waals surface area (Å²) < 4.78 is 5.05. The molecule has 1 aromatic heterocycles. The van der Waals surface area contributed by atoms with Crippen LogP contribution in [-0.2, 0) is 4.74 Å². The van der Waals surface area contributed by atoms with Gasteiger partial charge >= 0.3 is 5.97 Å². The number of anilines is 2. The lowest BCUT2D eigenvalue weighted by Crippen LogP contribution is -2.44. The highest BCUT2D eigenvalue weighted by Gasteiger charge is 2.29. The van der Waals surface area contributed by atoms with Crippen molar-refractivity contribution < 1.29 is 14.3 Å². The number of thiophene rings is 1. The molecule has 0 spiro atoms. The van der Waals surface area contributed by atoms with E-state index in [1.807, 2.05) is 7.05 Å². The Morgan fingerprint density at radius 2 is 1.90 bits per heavy atom. The first-order chi connectivity index (χ1) is 9.95. The SMILES string of the molecule is CCOC(=O)c1c(N2CCN(C)CC2)sc(C(N)=O)c1N. The largest absolute Gasteiger partial charge is 0.462 e. The van der Waals surface area contributed by atoms with E-state index in [0.29, 0.717) is 5.00 Å². The fourth-order valence-corrected chi connectivity index (χ4v) is 3.36. The predicted octanol–water partition coefficient (Wildman–Crippen LogP) is 0.358. The van der Waals surface area contributed by atoms with E-state index in [1.165, 1.54) is 0 Å². The maximum absolute atomic E-state index is 12.1. The Morgan fingerprint density at radius 3 is 2.43 bits per heavy atom. The molecule has 0 saturated carbocycles. The van der Waals surface area contributed by atoms with Crippen molar-refractivity contribution in [2.45, 2.75) is 6.92 Å². The quantitative estimate of drug-likeness (QED) is 0.778. The number of amides is 1. The smallest absolute Gasteiger partial charge is 0.343 e. The van der Waals surface area contributed by atoms with Crippen molar-refractivity contribution in [1.82, 2.24) is 4.90 Å². The predicted molar refractivity (Wildman–Crippen MR) is 82.9 cm³/mol. The molecule has 1 aromatic rings. The third kappa shape index (κ3) is 3.11. The van der Waals surface area contributed by atoms with Gasteiger partial charge in [-0.2, -0.15) is 0 Å². The van der Waals surface area contributed by atoms with Crippen LogP contribution in [0.3, 0.4) is 0 Å². The van der Waals surface area contributed by atoms with Crippen LogP contribution in [0.15, 0.2) is 0 Å². The highest BCUT2D eigenvalue weighted by molar-refractivity contribution is 7.19. The Hall–Kier alpha value is -1.80. The van der Waals surface area contributed by atoms with E-state index in [2.05, 4.69) is 9.80 Å². The van der Waals surface area contributed by atoms with Gasteiger partial charge in [0, 0.05) is 26.2 Å². The number of carbonyl (C=O) groups excluding carboxylic acids is 2. The number of carbonyl (C=O) groups is 2. The Kier molecular flexibility index (Phi) is 4.69. The molecule has 1 fully saturated rings. The average Bonchev–Trinajstić information content (AvgIpc) is 2.77. The molecule has 21 heavy (non-hydrogen) atoms. The van der Waals surface area contributed by atoms with E-state index in [0.717, 1.165) is 37.5 Å². The minimum atomic E-state index is -0.622. The van der Waals surface area contributed by atoms with E-state index in [4.69, 9.17) is 16.2 Å². The topological polar surface area (TPSA) is 102 Å². The monoisotopic (exact) mass is 312 g/mol. The lowest BCUT2D eigenvalue weighted by atomic mass is 10.2. The molecular formula is C13H20N4O3S. The Bertz CT molecular complexity index is 550. The van der Waals surface area contributed by atoms with Gasteiger partial charge < -0.3 is 26.0 Å². The van der Waals surface area contributed by atoms with Crippen molar-refractivity contribution in [3.05, 3.63) is 10.4 Å². The van der Waals surface area contributed by atoms with Gasteiger partial charge in [-0.3, -0.25) is 4.79 Å². The first kappa shape index (κ1) is 15.6. The van der Waals surface area contributed by atoms with Crippen molar-refractivity contribution in [3.8, 4) is 0 Å². The van der Waals surface area contributed by atoms with Gasteiger partial charge in [0.05, 0.1) is 12.3 Å². The Balaban J connectivity index is 2.40. The zero-order valence-corrected chi connectivity index (χ0v) is 13.0. The molecule has 4 N–H and O–H groups in total. The minimum Gasteiger partial charge on any atom is -0.462 e. The molecule has 1 aliphatic rings. The zero-order chi connectivity index (χ0) is 15.6. The molecule has 1 aliphatic heterocycles. The first-order valence-electron chi connectivity index (χ1n) is 6.78. The van der Waals surface area contributed by atoms with Crippen molar-refractivity contribution >= 4 is 33.9 Å². The van der Waals surface area contributed by atoms with Gasteiger partial charge in [-0.1, -0.05) is 0 Å². The van der Waals surface area contributed by atoms with Crippen LogP contribution in [0, 0.1) is 0 Å². The third-order valence-electron chi connectivity index (χ3n) is 3.42. The molecule has 0 bridgehead atoms. The zero-order valence-electron chi connectivity index (χ0n) is 12.2. The standard InChI is InChI=1S/C13H20N4O3S/c1-3-20-13(19)8-9(14)10(11(15)18)21-12(8)17-6-4-16(2)5-7-17/h3-7,14H2,1-2H3,(H2,15,18). The van der Waals surface area contributed by atoms with Crippen LogP contribution < -0.4 is 16.4 Å². The summed E-state index contributed by atoms with van der Waals surface area (Å²) in [5.41, 5.74) is 11.7. The van der Waals surface area contributed by atoms with Gasteiger partial charge in [0.25, 0.3) is 5.91 Å². The van der Waals surface area contributed by atoms with Crippen LogP contribution in [0.1, 0.15) is 27.0 Å². The van der Waals surface area contributed by atoms with E-state index in [1.54, 1.807) is 6.92 Å². The molecule has 0 radical (unpaired) electrons. The van der Waals surface area contributed by atoms with Gasteiger partial charge in [0.15, 0.2) is 0 Å². The van der Waals surface area contributed by atoms with Crippen LogP contribution in [0.4, 0.5) is 10.7 Å². The van der Waals surface area contributed by atoms with E-state index in [-0.39, 0.29) is 22.7 Å². The van der Waals surface area contributed by atoms with Crippen molar-refractivity contribution in [2.24, 2.45) is 5.73 Å². The van der Waals surface area contributed by atoms with Crippen molar-refractivity contribution in [2.75, 3.05) is 50.5 Å². The molecule has 0 unspecified atom stereocenters. The lowest BCUT2D eigenvalue weighted by molar-refractivity contribution is 0.0528. The minimum absolute atomic E-state index is 0.125. The summed E-state index contributed by atoms with van der Waals surface area (Å²) >= 11 is 1.16. The highest BCUT2D eigenvalue weighted by atomic mass is 32.1. The number of hydrogen-bond acceptors (Lipinski definition) is 7. The second-order valence-corrected chi connectivity index (χ2v) is 5.90. The number of esters is 1. The summed E-state index contributed by atoms with van der Waals surface area (Å²) in [7, 11) is 2.04. The molecule has 2 heterocycles. The number of piperazine rings is 1. The number of nitrogen functional groups attached to an aromatic ring is 1. The number of nitrogens with two attached hydrogens (primary N) is 2. The summed E-state index contributed by atoms with van der Waals surface area (Å²) in [6.07, 6.45) is 0. The van der Waals surface area contributed by atoms with Gasteiger partial charge in [0.2, 0.25) is 0 Å². The van der Waals surface area contributed by atoms with Gasteiger partial charge in [0.1, 0.15) is 15.4 Å². The summed E-state index contributed by atoms with van der Waals surface area (Å²) in [6.45, 7) is 5.27. The maximum atomic E-state index is 12.1. The summed E-state index contributed by atoms with van der Waals surface area (Å²) in [4.78, 5) is 28.1. The molecule has 2 rings (SSSR count). The molecule has 0 aromatic carbocycles. The van der Waals surface area contributed by atoms with Crippen LogP contribution in [0.25, 0.3) is 0 Å². The molecule has 0 aliphatic carbocycles. The molecule has 0 atom stereocenters. The van der Waals surface area contributed by atoms with Gasteiger partial charge in [-0.15, -0.1) is 11.3 Å². The van der Waals surface area contributed by atoms with E-state index >= 15 is 0 Å². The van der Waals surface area contributed by atoms with Crippen LogP contribution >= 0.6 is 11.3 Å². The Labute approximate surface area is 127 Å². The Morgan fingerprint density at radius 1 is 1.29 bits per heavy atom. The van der Waals surface area contributed by atoms with E-state index in [9.17, 15) is 9.59 Å². The number of hydrogen-bond donors (Lipinski definition) is 2. The lowest BCUT2D eigenvalue weighted by Gasteiger charge is -2.33.